The molecule has 0 spiro atoms. The fourth-order valence-electron chi connectivity index (χ4n) is 2.55. The molecule has 0 saturated carbocycles. The van der Waals surface area contributed by atoms with E-state index >= 15 is 0 Å². The van der Waals surface area contributed by atoms with Crippen LogP contribution in [0.1, 0.15) is 18.2 Å². The van der Waals surface area contributed by atoms with Crippen LogP contribution in [0.4, 0.5) is 0 Å². The minimum Gasteiger partial charge on any atom is -0.482 e. The smallest absolute Gasteiger partial charge is 0.235 e. The molecule has 3 rings (SSSR count). The van der Waals surface area contributed by atoms with Crippen LogP contribution in [0.3, 0.4) is 0 Å². The van der Waals surface area contributed by atoms with Gasteiger partial charge in [-0.3, -0.25) is 4.79 Å². The Balaban J connectivity index is 2.21. The Morgan fingerprint density at radius 2 is 2.00 bits per heavy atom. The van der Waals surface area contributed by atoms with Crippen LogP contribution in [0, 0.1) is 0 Å². The Labute approximate surface area is 150 Å². The van der Waals surface area contributed by atoms with Crippen LogP contribution in [0.25, 0.3) is 22.6 Å². The molecule has 0 N–H and O–H groups in total. The van der Waals surface area contributed by atoms with E-state index in [9.17, 15) is 4.79 Å². The summed E-state index contributed by atoms with van der Waals surface area (Å²) in [5.41, 5.74) is 2.02. The van der Waals surface area contributed by atoms with Gasteiger partial charge in [-0.25, -0.2) is 0 Å². The van der Waals surface area contributed by atoms with Gasteiger partial charge in [-0.1, -0.05) is 54.6 Å². The molecular weight excluding hydrogens is 336 g/mol. The fourth-order valence-corrected chi connectivity index (χ4v) is 2.72. The van der Waals surface area contributed by atoms with Crippen molar-refractivity contribution >= 4 is 34.2 Å². The molecule has 3 aromatic rings. The molecule has 0 aliphatic carbocycles. The molecule has 0 radical (unpaired) electrons. The number of ether oxygens (including phenoxy) is 1. The van der Waals surface area contributed by atoms with Gasteiger partial charge in [-0.05, 0) is 42.3 Å². The first-order valence-corrected chi connectivity index (χ1v) is 8.21. The van der Waals surface area contributed by atoms with Crippen molar-refractivity contribution < 1.29 is 9.15 Å². The first-order valence-electron chi connectivity index (χ1n) is 7.84. The van der Waals surface area contributed by atoms with Gasteiger partial charge in [-0.2, -0.15) is 0 Å². The van der Waals surface area contributed by atoms with Gasteiger partial charge in [0.25, 0.3) is 0 Å². The third-order valence-electron chi connectivity index (χ3n) is 3.70. The summed E-state index contributed by atoms with van der Waals surface area (Å²) < 4.78 is 11.6. The lowest BCUT2D eigenvalue weighted by Crippen LogP contribution is -2.11. The maximum atomic E-state index is 12.9. The lowest BCUT2D eigenvalue weighted by molar-refractivity contribution is 0.345. The molecule has 1 aromatic heterocycles. The van der Waals surface area contributed by atoms with Crippen molar-refractivity contribution in [1.29, 1.82) is 0 Å². The number of hydrogen-bond donors (Lipinski definition) is 0. The van der Waals surface area contributed by atoms with E-state index < -0.39 is 0 Å². The van der Waals surface area contributed by atoms with Gasteiger partial charge in [0.05, 0.1) is 5.39 Å². The quantitative estimate of drug-likeness (QED) is 0.563. The van der Waals surface area contributed by atoms with Gasteiger partial charge < -0.3 is 9.15 Å². The van der Waals surface area contributed by atoms with Gasteiger partial charge in [0.2, 0.25) is 11.2 Å². The highest BCUT2D eigenvalue weighted by Crippen LogP contribution is 2.29. The Kier molecular flexibility index (Phi) is 5.05. The molecule has 0 amide bonds. The molecule has 25 heavy (non-hydrogen) atoms. The molecule has 126 valence electrons. The first kappa shape index (κ1) is 17.1. The van der Waals surface area contributed by atoms with E-state index in [-0.39, 0.29) is 17.8 Å². The third kappa shape index (κ3) is 3.67. The maximum Gasteiger partial charge on any atom is 0.235 e. The SMILES string of the molecule is C=CCOc1c(/C(C)=C\c2ccccc2)oc2ccc(Cl)cc2c1=O. The second-order valence-corrected chi connectivity index (χ2v) is 6.00. The zero-order valence-corrected chi connectivity index (χ0v) is 14.5. The first-order chi connectivity index (χ1) is 12.1. The van der Waals surface area contributed by atoms with Crippen molar-refractivity contribution in [2.24, 2.45) is 0 Å². The predicted octanol–water partition coefficient (Wildman–Crippen LogP) is 5.57. The van der Waals surface area contributed by atoms with Crippen LogP contribution in [0.15, 0.2) is 70.4 Å². The third-order valence-corrected chi connectivity index (χ3v) is 3.93. The summed E-state index contributed by atoms with van der Waals surface area (Å²) in [6.07, 6.45) is 3.53. The number of halogens is 1. The molecule has 2 aromatic carbocycles. The van der Waals surface area contributed by atoms with E-state index in [1.54, 1.807) is 24.3 Å². The summed E-state index contributed by atoms with van der Waals surface area (Å²) in [4.78, 5) is 12.9. The number of rotatable bonds is 5. The highest BCUT2D eigenvalue weighted by molar-refractivity contribution is 6.31. The Morgan fingerprint density at radius 1 is 1.24 bits per heavy atom. The van der Waals surface area contributed by atoms with Crippen LogP contribution in [-0.4, -0.2) is 6.61 Å². The number of fused-ring (bicyclic) bond motifs is 1. The molecular formula is C21H17ClO3. The van der Waals surface area contributed by atoms with Gasteiger partial charge in [-0.15, -0.1) is 0 Å². The van der Waals surface area contributed by atoms with E-state index in [0.717, 1.165) is 11.1 Å². The van der Waals surface area contributed by atoms with E-state index in [4.69, 9.17) is 20.8 Å². The van der Waals surface area contributed by atoms with Crippen molar-refractivity contribution in [3.63, 3.8) is 0 Å². The minimum atomic E-state index is -0.249. The summed E-state index contributed by atoms with van der Waals surface area (Å²) in [5, 5.41) is 0.863. The van der Waals surface area contributed by atoms with Crippen LogP contribution in [0.2, 0.25) is 5.02 Å². The zero-order chi connectivity index (χ0) is 17.8. The van der Waals surface area contributed by atoms with Gasteiger partial charge >= 0.3 is 0 Å². The highest BCUT2D eigenvalue weighted by atomic mass is 35.5. The predicted molar refractivity (Wildman–Crippen MR) is 103 cm³/mol. The van der Waals surface area contributed by atoms with Gasteiger partial charge in [0.15, 0.2) is 5.76 Å². The fraction of sp³-hybridized carbons (Fsp3) is 0.0952. The minimum absolute atomic E-state index is 0.166. The van der Waals surface area contributed by atoms with E-state index in [1.165, 1.54) is 0 Å². The van der Waals surface area contributed by atoms with Gasteiger partial charge in [0.1, 0.15) is 12.2 Å². The molecule has 3 nitrogen and oxygen atoms in total. The standard InChI is InChI=1S/C21H17ClO3/c1-3-11-24-21-19(23)17-13-16(22)9-10-18(17)25-20(21)14(2)12-15-7-5-4-6-8-15/h3-10,12-13H,1,11H2,2H3/b14-12-. The van der Waals surface area contributed by atoms with Gasteiger partial charge in [0, 0.05) is 5.02 Å². The number of hydrogen-bond acceptors (Lipinski definition) is 3. The van der Waals surface area contributed by atoms with Crippen molar-refractivity contribution in [3.8, 4) is 5.75 Å². The molecule has 4 heteroatoms. The summed E-state index contributed by atoms with van der Waals surface area (Å²) >= 11 is 6.01. The van der Waals surface area contributed by atoms with Crippen molar-refractivity contribution in [1.82, 2.24) is 0 Å². The molecule has 0 aliphatic heterocycles. The number of allylic oxidation sites excluding steroid dienone is 1. The van der Waals surface area contributed by atoms with E-state index in [0.29, 0.717) is 21.8 Å². The average Bonchev–Trinajstić information content (AvgIpc) is 2.62. The molecule has 0 aliphatic rings. The lowest BCUT2D eigenvalue weighted by Gasteiger charge is -2.11. The average molecular weight is 353 g/mol. The van der Waals surface area contributed by atoms with E-state index in [1.807, 2.05) is 43.3 Å². The van der Waals surface area contributed by atoms with Crippen molar-refractivity contribution in [3.05, 3.63) is 87.8 Å². The summed E-state index contributed by atoms with van der Waals surface area (Å²) in [6, 6.07) is 14.8. The number of benzene rings is 2. The summed E-state index contributed by atoms with van der Waals surface area (Å²) in [7, 11) is 0. The molecule has 0 unspecified atom stereocenters. The Bertz CT molecular complexity index is 1000. The summed E-state index contributed by atoms with van der Waals surface area (Å²) in [6.45, 7) is 5.72. The molecule has 0 fully saturated rings. The highest BCUT2D eigenvalue weighted by Gasteiger charge is 2.17. The summed E-state index contributed by atoms with van der Waals surface area (Å²) in [5.74, 6) is 0.574. The second-order valence-electron chi connectivity index (χ2n) is 5.57. The molecule has 0 saturated heterocycles. The normalized spacial score (nSPS) is 11.5. The zero-order valence-electron chi connectivity index (χ0n) is 13.8. The lowest BCUT2D eigenvalue weighted by atomic mass is 10.1. The van der Waals surface area contributed by atoms with Crippen molar-refractivity contribution in [2.75, 3.05) is 6.61 Å². The van der Waals surface area contributed by atoms with Crippen LogP contribution in [-0.2, 0) is 0 Å². The Hall–Kier alpha value is -2.78. The molecule has 1 heterocycles. The Morgan fingerprint density at radius 3 is 2.72 bits per heavy atom. The monoisotopic (exact) mass is 352 g/mol. The maximum absolute atomic E-state index is 12.9. The molecule has 0 bridgehead atoms. The largest absolute Gasteiger partial charge is 0.482 e. The van der Waals surface area contributed by atoms with Crippen LogP contribution >= 0.6 is 11.6 Å². The second kappa shape index (κ2) is 7.41. The van der Waals surface area contributed by atoms with Crippen molar-refractivity contribution in [2.45, 2.75) is 6.92 Å². The molecule has 0 atom stereocenters. The van der Waals surface area contributed by atoms with E-state index in [2.05, 4.69) is 6.58 Å². The van der Waals surface area contributed by atoms with Crippen LogP contribution < -0.4 is 10.2 Å². The van der Waals surface area contributed by atoms with Crippen LogP contribution in [0.5, 0.6) is 5.75 Å². The topological polar surface area (TPSA) is 39.4 Å².